The third kappa shape index (κ3) is 13.3. The zero-order valence-corrected chi connectivity index (χ0v) is 32.8. The number of hydrogen-bond acceptors (Lipinski definition) is 10. The van der Waals surface area contributed by atoms with Gasteiger partial charge in [0.1, 0.15) is 23.7 Å². The fourth-order valence-corrected chi connectivity index (χ4v) is 7.43. The van der Waals surface area contributed by atoms with E-state index in [1.165, 1.54) is 24.3 Å². The number of carbonyl (C=O) groups is 2. The van der Waals surface area contributed by atoms with Gasteiger partial charge in [0.25, 0.3) is 0 Å². The average molecular weight is 779 g/mol. The van der Waals surface area contributed by atoms with Crippen LogP contribution in [0, 0.1) is 11.8 Å². The van der Waals surface area contributed by atoms with Gasteiger partial charge in [-0.2, -0.15) is 0 Å². The molecule has 0 amide bonds. The normalized spacial score (nSPS) is 21.4. The van der Waals surface area contributed by atoms with Gasteiger partial charge in [-0.15, -0.1) is 13.2 Å². The molecule has 2 atom stereocenters. The number of nitrogen functional groups attached to an aromatic ring is 2. The van der Waals surface area contributed by atoms with Gasteiger partial charge in [-0.05, 0) is 128 Å². The molecule has 0 saturated heterocycles. The number of benzene rings is 3. The molecule has 2 aliphatic rings. The first kappa shape index (κ1) is 43.1. The van der Waals surface area contributed by atoms with Crippen molar-refractivity contribution < 1.29 is 38.7 Å². The Kier molecular flexibility index (Phi) is 16.7. The molecule has 10 nitrogen and oxygen atoms in total. The summed E-state index contributed by atoms with van der Waals surface area (Å²) in [5, 5.41) is 22.7. The zero-order valence-electron chi connectivity index (χ0n) is 32.8. The Morgan fingerprint density at radius 1 is 0.649 bits per heavy atom. The Balaban J connectivity index is 1.15. The monoisotopic (exact) mass is 778 g/mol. The summed E-state index contributed by atoms with van der Waals surface area (Å²) in [6.07, 6.45) is 14.4. The Labute approximate surface area is 336 Å². The van der Waals surface area contributed by atoms with E-state index in [0.29, 0.717) is 55.1 Å². The van der Waals surface area contributed by atoms with Gasteiger partial charge >= 0.3 is 0 Å². The fraction of sp³-hybridized carbons (Fsp3) is 0.404. The van der Waals surface area contributed by atoms with Crippen molar-refractivity contribution in [2.45, 2.75) is 81.7 Å². The van der Waals surface area contributed by atoms with Crippen molar-refractivity contribution >= 4 is 35.1 Å². The lowest BCUT2D eigenvalue weighted by atomic mass is 9.83. The van der Waals surface area contributed by atoms with Gasteiger partial charge in [-0.25, -0.2) is 0 Å². The van der Waals surface area contributed by atoms with Crippen LogP contribution in [0.25, 0.3) is 12.2 Å². The highest BCUT2D eigenvalue weighted by atomic mass is 16.5. The highest BCUT2D eigenvalue weighted by Crippen LogP contribution is 2.33. The summed E-state index contributed by atoms with van der Waals surface area (Å²) in [5.74, 6) is -0.391. The van der Waals surface area contributed by atoms with Crippen LogP contribution in [-0.2, 0) is 19.1 Å². The Morgan fingerprint density at radius 3 is 1.46 bits per heavy atom. The first-order valence-corrected chi connectivity index (χ1v) is 20.0. The van der Waals surface area contributed by atoms with Gasteiger partial charge in [0.15, 0.2) is 11.6 Å². The lowest BCUT2D eigenvalue weighted by Gasteiger charge is -2.28. The lowest BCUT2D eigenvalue weighted by molar-refractivity contribution is -0.130. The molecule has 57 heavy (non-hydrogen) atoms. The highest BCUT2D eigenvalue weighted by Gasteiger charge is 2.36. The lowest BCUT2D eigenvalue weighted by Crippen LogP contribution is -2.39. The molecule has 2 fully saturated rings. The molecule has 0 spiro atoms. The number of ketones is 2. The van der Waals surface area contributed by atoms with E-state index in [2.05, 4.69) is 13.2 Å². The van der Waals surface area contributed by atoms with E-state index in [9.17, 15) is 19.8 Å². The topological polar surface area (TPSA) is 164 Å². The maximum absolute atomic E-state index is 13.4. The highest BCUT2D eigenvalue weighted by molar-refractivity contribution is 6.01. The molecule has 5 rings (SSSR count). The summed E-state index contributed by atoms with van der Waals surface area (Å²) in [5.41, 5.74) is 14.3. The summed E-state index contributed by atoms with van der Waals surface area (Å²) in [6, 6.07) is 19.1. The van der Waals surface area contributed by atoms with Crippen molar-refractivity contribution in [2.24, 2.45) is 11.8 Å². The van der Waals surface area contributed by atoms with Gasteiger partial charge in [0.05, 0.1) is 44.6 Å². The number of carbonyl (C=O) groups excluding carboxylic acids is 2. The number of hydrogen-bond donors (Lipinski definition) is 4. The third-order valence-corrected chi connectivity index (χ3v) is 10.8. The first-order valence-electron chi connectivity index (χ1n) is 20.0. The van der Waals surface area contributed by atoms with Crippen LogP contribution in [0.15, 0.2) is 104 Å². The molecule has 2 unspecified atom stereocenters. The fourth-order valence-electron chi connectivity index (χ4n) is 7.43. The minimum atomic E-state index is -1.79. The van der Waals surface area contributed by atoms with Crippen LogP contribution in [0.5, 0.6) is 11.5 Å². The Morgan fingerprint density at radius 2 is 1.07 bits per heavy atom. The van der Waals surface area contributed by atoms with Crippen LogP contribution >= 0.6 is 0 Å². The van der Waals surface area contributed by atoms with Crippen molar-refractivity contribution in [1.82, 2.24) is 0 Å². The van der Waals surface area contributed by atoms with Crippen LogP contribution in [0.3, 0.4) is 0 Å². The molecule has 10 heteroatoms. The summed E-state index contributed by atoms with van der Waals surface area (Å²) in [6.45, 7) is 9.83. The van der Waals surface area contributed by atoms with Crippen LogP contribution in [0.2, 0.25) is 0 Å². The number of aliphatic hydroxyl groups is 2. The second kappa shape index (κ2) is 22.1. The second-order valence-electron chi connectivity index (χ2n) is 15.1. The minimum absolute atomic E-state index is 0.140. The van der Waals surface area contributed by atoms with Gasteiger partial charge in [0, 0.05) is 11.4 Å². The second-order valence-corrected chi connectivity index (χ2v) is 15.1. The van der Waals surface area contributed by atoms with Crippen molar-refractivity contribution in [1.29, 1.82) is 0 Å². The molecule has 0 aromatic heterocycles. The van der Waals surface area contributed by atoms with E-state index in [0.717, 1.165) is 62.9 Å². The number of ether oxygens (including phenoxy) is 4. The number of rotatable bonds is 21. The molecule has 2 saturated carbocycles. The zero-order chi connectivity index (χ0) is 40.6. The maximum atomic E-state index is 13.4. The van der Waals surface area contributed by atoms with E-state index >= 15 is 0 Å². The number of anilines is 2. The number of aliphatic hydroxyl groups excluding tert-OH is 2. The molecular formula is C47H58N2O8. The third-order valence-electron chi connectivity index (χ3n) is 10.8. The molecule has 0 aliphatic heterocycles. The predicted molar refractivity (Wildman–Crippen MR) is 226 cm³/mol. The maximum Gasteiger partial charge on any atom is 0.184 e. The molecule has 6 N–H and O–H groups in total. The van der Waals surface area contributed by atoms with E-state index in [1.54, 1.807) is 30.4 Å². The number of nitrogens with two attached hydrogens (primary N) is 2. The van der Waals surface area contributed by atoms with Crippen LogP contribution in [-0.4, -0.2) is 72.6 Å². The van der Waals surface area contributed by atoms with Crippen molar-refractivity contribution in [3.8, 4) is 11.5 Å². The molecular weight excluding hydrogens is 721 g/mol. The molecule has 3 aromatic rings. The Hall–Kier alpha value is -5.00. The van der Waals surface area contributed by atoms with Crippen LogP contribution in [0.4, 0.5) is 11.4 Å². The van der Waals surface area contributed by atoms with E-state index in [-0.39, 0.29) is 23.5 Å². The SMILES string of the molecule is C=CCOC1CCC(COc2ccc(/C=C/C(=O)C(O)C(c3ccc(N)cc3N)C(O)C(=O)/C=C/c3ccc(OCC4CCC(OCC=C)CC4)cc3)cc2)CC1. The summed E-state index contributed by atoms with van der Waals surface area (Å²) < 4.78 is 23.6. The van der Waals surface area contributed by atoms with Crippen LogP contribution in [0.1, 0.15) is 74.0 Å². The van der Waals surface area contributed by atoms with E-state index in [4.69, 9.17) is 30.4 Å². The minimum Gasteiger partial charge on any atom is -0.493 e. The quantitative estimate of drug-likeness (QED) is 0.0484. The van der Waals surface area contributed by atoms with Crippen molar-refractivity contribution in [3.63, 3.8) is 0 Å². The largest absolute Gasteiger partial charge is 0.493 e. The van der Waals surface area contributed by atoms with Gasteiger partial charge in [0.2, 0.25) is 0 Å². The molecule has 304 valence electrons. The van der Waals surface area contributed by atoms with Gasteiger partial charge in [-0.3, -0.25) is 9.59 Å². The summed E-state index contributed by atoms with van der Waals surface area (Å²) >= 11 is 0. The standard InChI is InChI=1S/C47H58N2O8/c1-3-27-54-37-20-9-34(10-21-37)30-56-39-16-5-32(6-17-39)13-25-43(50)46(52)45(41-24-15-36(48)29-42(41)49)47(53)44(51)26-14-33-7-18-40(19-8-33)57-31-35-11-22-38(23-12-35)55-28-4-2/h3-8,13-19,24-26,29,34-35,37-38,45-47,52-53H,1-2,9-12,20-23,27-28,30-31,48-49H2/b25-13+,26-14+. The molecule has 2 aliphatic carbocycles. The summed E-state index contributed by atoms with van der Waals surface area (Å²) in [7, 11) is 0. The van der Waals surface area contributed by atoms with Gasteiger partial charge in [-0.1, -0.05) is 54.6 Å². The predicted octanol–water partition coefficient (Wildman–Crippen LogP) is 7.50. The van der Waals surface area contributed by atoms with Crippen molar-refractivity contribution in [2.75, 3.05) is 37.9 Å². The molecule has 3 aromatic carbocycles. The summed E-state index contributed by atoms with van der Waals surface area (Å²) in [4.78, 5) is 26.8. The van der Waals surface area contributed by atoms with Gasteiger partial charge < -0.3 is 40.6 Å². The smallest absolute Gasteiger partial charge is 0.184 e. The molecule has 0 radical (unpaired) electrons. The molecule has 0 bridgehead atoms. The average Bonchev–Trinajstić information content (AvgIpc) is 3.23. The van der Waals surface area contributed by atoms with Crippen LogP contribution < -0.4 is 20.9 Å². The van der Waals surface area contributed by atoms with Crippen molar-refractivity contribution in [3.05, 3.63) is 121 Å². The molecule has 0 heterocycles. The van der Waals surface area contributed by atoms with E-state index in [1.807, 2.05) is 48.5 Å². The Bertz CT molecular complexity index is 1700. The van der Waals surface area contributed by atoms with E-state index < -0.39 is 29.7 Å². The first-order chi connectivity index (χ1) is 27.6.